The van der Waals surface area contributed by atoms with E-state index in [-0.39, 0.29) is 18.3 Å². The van der Waals surface area contributed by atoms with Crippen LogP contribution in [-0.4, -0.2) is 22.3 Å². The number of nitro groups is 1. The van der Waals surface area contributed by atoms with E-state index < -0.39 is 20.5 Å². The SMILES string of the molecule is CCOC(=O)C(Br)C(Br)c1ccc([N+](=O)[O-])o1. The van der Waals surface area contributed by atoms with E-state index in [9.17, 15) is 14.9 Å². The smallest absolute Gasteiger partial charge is 0.433 e. The number of nitrogens with zero attached hydrogens (tertiary/aromatic N) is 1. The van der Waals surface area contributed by atoms with Crippen LogP contribution < -0.4 is 0 Å². The molecule has 17 heavy (non-hydrogen) atoms. The van der Waals surface area contributed by atoms with Crippen molar-refractivity contribution in [2.75, 3.05) is 6.61 Å². The van der Waals surface area contributed by atoms with E-state index in [4.69, 9.17) is 9.15 Å². The van der Waals surface area contributed by atoms with Gasteiger partial charge in [-0.2, -0.15) is 0 Å². The van der Waals surface area contributed by atoms with Crippen molar-refractivity contribution in [3.8, 4) is 0 Å². The second-order valence-corrected chi connectivity index (χ2v) is 4.96. The van der Waals surface area contributed by atoms with Crippen molar-refractivity contribution in [1.29, 1.82) is 0 Å². The largest absolute Gasteiger partial charge is 0.465 e. The Kier molecular flexibility index (Phi) is 5.13. The molecule has 0 radical (unpaired) electrons. The molecule has 0 amide bonds. The highest BCUT2D eigenvalue weighted by molar-refractivity contribution is 9.12. The molecular formula is C9H9Br2NO5. The molecule has 6 nitrogen and oxygen atoms in total. The highest BCUT2D eigenvalue weighted by atomic mass is 79.9. The lowest BCUT2D eigenvalue weighted by Gasteiger charge is -2.12. The van der Waals surface area contributed by atoms with Gasteiger partial charge in [0.1, 0.15) is 15.5 Å². The Labute approximate surface area is 114 Å². The Balaban J connectivity index is 2.77. The summed E-state index contributed by atoms with van der Waals surface area (Å²) in [6.45, 7) is 1.96. The number of furan rings is 1. The number of alkyl halides is 2. The van der Waals surface area contributed by atoms with E-state index in [1.54, 1.807) is 6.92 Å². The maximum Gasteiger partial charge on any atom is 0.433 e. The Morgan fingerprint density at radius 2 is 2.24 bits per heavy atom. The van der Waals surface area contributed by atoms with Crippen LogP contribution in [0.1, 0.15) is 17.5 Å². The molecule has 0 aliphatic heterocycles. The van der Waals surface area contributed by atoms with E-state index in [0.29, 0.717) is 0 Å². The molecule has 0 aromatic carbocycles. The Morgan fingerprint density at radius 1 is 1.59 bits per heavy atom. The van der Waals surface area contributed by atoms with Crippen LogP contribution in [-0.2, 0) is 9.53 Å². The normalized spacial score (nSPS) is 14.1. The van der Waals surface area contributed by atoms with Gasteiger partial charge >= 0.3 is 11.9 Å². The average molecular weight is 371 g/mol. The summed E-state index contributed by atoms with van der Waals surface area (Å²) in [6, 6.07) is 2.67. The molecule has 1 rings (SSSR count). The van der Waals surface area contributed by atoms with Crippen LogP contribution >= 0.6 is 31.9 Å². The van der Waals surface area contributed by atoms with Gasteiger partial charge in [-0.3, -0.25) is 14.9 Å². The lowest BCUT2D eigenvalue weighted by molar-refractivity contribution is -0.402. The predicted octanol–water partition coefficient (Wildman–Crippen LogP) is 2.95. The molecule has 94 valence electrons. The second-order valence-electron chi connectivity index (χ2n) is 2.99. The van der Waals surface area contributed by atoms with E-state index in [1.165, 1.54) is 12.1 Å². The van der Waals surface area contributed by atoms with Gasteiger partial charge in [0.2, 0.25) is 0 Å². The van der Waals surface area contributed by atoms with Crippen molar-refractivity contribution < 1.29 is 18.9 Å². The maximum atomic E-state index is 11.4. The van der Waals surface area contributed by atoms with Gasteiger partial charge in [-0.1, -0.05) is 31.9 Å². The summed E-state index contributed by atoms with van der Waals surface area (Å²) in [5, 5.41) is 10.4. The quantitative estimate of drug-likeness (QED) is 0.344. The van der Waals surface area contributed by atoms with Gasteiger partial charge in [-0.25, -0.2) is 0 Å². The monoisotopic (exact) mass is 369 g/mol. The molecule has 0 saturated heterocycles. The Bertz CT molecular complexity index is 419. The fourth-order valence-corrected chi connectivity index (χ4v) is 1.93. The van der Waals surface area contributed by atoms with Crippen molar-refractivity contribution in [2.45, 2.75) is 16.6 Å². The minimum absolute atomic E-state index is 0.263. The summed E-state index contributed by atoms with van der Waals surface area (Å²) in [7, 11) is 0. The zero-order valence-electron chi connectivity index (χ0n) is 8.76. The molecule has 0 spiro atoms. The van der Waals surface area contributed by atoms with Gasteiger partial charge in [-0.05, 0) is 13.0 Å². The zero-order valence-corrected chi connectivity index (χ0v) is 11.9. The highest BCUT2D eigenvalue weighted by Crippen LogP contribution is 2.34. The molecule has 1 heterocycles. The molecule has 1 aromatic heterocycles. The fourth-order valence-electron chi connectivity index (χ4n) is 1.07. The Morgan fingerprint density at radius 3 is 2.71 bits per heavy atom. The third kappa shape index (κ3) is 3.53. The molecule has 0 aliphatic carbocycles. The average Bonchev–Trinajstić information content (AvgIpc) is 2.76. The van der Waals surface area contributed by atoms with Gasteiger partial charge in [-0.15, -0.1) is 0 Å². The van der Waals surface area contributed by atoms with Crippen molar-refractivity contribution in [2.24, 2.45) is 0 Å². The predicted molar refractivity (Wildman–Crippen MR) is 66.4 cm³/mol. The first-order chi connectivity index (χ1) is 7.97. The Hall–Kier alpha value is -0.890. The van der Waals surface area contributed by atoms with Crippen LogP contribution in [0.15, 0.2) is 16.5 Å². The van der Waals surface area contributed by atoms with Gasteiger partial charge in [0.25, 0.3) is 0 Å². The van der Waals surface area contributed by atoms with Gasteiger partial charge in [0, 0.05) is 0 Å². The first-order valence-electron chi connectivity index (χ1n) is 4.66. The van der Waals surface area contributed by atoms with Crippen molar-refractivity contribution in [3.05, 3.63) is 28.0 Å². The number of hydrogen-bond acceptors (Lipinski definition) is 5. The molecule has 1 aromatic rings. The number of rotatable bonds is 5. The van der Waals surface area contributed by atoms with E-state index in [0.717, 1.165) is 0 Å². The minimum atomic E-state index is -0.673. The summed E-state index contributed by atoms with van der Waals surface area (Å²) < 4.78 is 9.78. The van der Waals surface area contributed by atoms with Crippen molar-refractivity contribution in [3.63, 3.8) is 0 Å². The fraction of sp³-hybridized carbons (Fsp3) is 0.444. The number of carbonyl (C=O) groups is 1. The van der Waals surface area contributed by atoms with Crippen LogP contribution in [0.4, 0.5) is 5.88 Å². The van der Waals surface area contributed by atoms with Gasteiger partial charge in [0.05, 0.1) is 17.5 Å². The summed E-state index contributed by atoms with van der Waals surface area (Å²) >= 11 is 6.36. The third-order valence-corrected chi connectivity index (χ3v) is 4.42. The molecule has 0 saturated carbocycles. The molecule has 2 atom stereocenters. The number of ether oxygens (including phenoxy) is 1. The lowest BCUT2D eigenvalue weighted by atomic mass is 10.2. The molecule has 0 fully saturated rings. The standard InChI is InChI=1S/C9H9Br2NO5/c1-2-16-9(13)8(11)7(10)5-3-4-6(17-5)12(14)15/h3-4,7-8H,2H2,1H3. The molecule has 2 unspecified atom stereocenters. The summed E-state index contributed by atoms with van der Waals surface area (Å²) in [5.74, 6) is -0.548. The minimum Gasteiger partial charge on any atom is -0.465 e. The van der Waals surface area contributed by atoms with Crippen LogP contribution in [0.3, 0.4) is 0 Å². The summed E-state index contributed by atoms with van der Waals surface area (Å²) in [4.78, 5) is 20.0. The summed E-state index contributed by atoms with van der Waals surface area (Å²) in [5.41, 5.74) is 0. The molecule has 0 bridgehead atoms. The van der Waals surface area contributed by atoms with Crippen LogP contribution in [0.25, 0.3) is 0 Å². The third-order valence-electron chi connectivity index (χ3n) is 1.83. The van der Waals surface area contributed by atoms with E-state index in [1.807, 2.05) is 0 Å². The van der Waals surface area contributed by atoms with Gasteiger partial charge in [0.15, 0.2) is 0 Å². The second kappa shape index (κ2) is 6.15. The number of esters is 1. The highest BCUT2D eigenvalue weighted by Gasteiger charge is 2.29. The number of hydrogen-bond donors (Lipinski definition) is 0. The summed E-state index contributed by atoms with van der Waals surface area (Å²) in [6.07, 6.45) is 0. The topological polar surface area (TPSA) is 82.6 Å². The van der Waals surface area contributed by atoms with Crippen LogP contribution in [0, 0.1) is 10.1 Å². The first kappa shape index (κ1) is 14.2. The zero-order chi connectivity index (χ0) is 13.0. The first-order valence-corrected chi connectivity index (χ1v) is 6.49. The van der Waals surface area contributed by atoms with Crippen molar-refractivity contribution >= 4 is 43.7 Å². The van der Waals surface area contributed by atoms with E-state index >= 15 is 0 Å². The maximum absolute atomic E-state index is 11.4. The molecular weight excluding hydrogens is 362 g/mol. The number of carbonyl (C=O) groups excluding carboxylic acids is 1. The molecule has 8 heteroatoms. The van der Waals surface area contributed by atoms with E-state index in [2.05, 4.69) is 31.9 Å². The molecule has 0 N–H and O–H groups in total. The van der Waals surface area contributed by atoms with Gasteiger partial charge < -0.3 is 9.15 Å². The van der Waals surface area contributed by atoms with Crippen LogP contribution in [0.2, 0.25) is 0 Å². The van der Waals surface area contributed by atoms with Crippen molar-refractivity contribution in [1.82, 2.24) is 0 Å². The molecule has 0 aliphatic rings. The van der Waals surface area contributed by atoms with Crippen LogP contribution in [0.5, 0.6) is 0 Å². The number of halogens is 2. The lowest BCUT2D eigenvalue weighted by Crippen LogP contribution is -2.21.